The average molecular weight is 219 g/mol. The number of amides is 1. The van der Waals surface area contributed by atoms with Crippen molar-refractivity contribution in [2.24, 2.45) is 0 Å². The van der Waals surface area contributed by atoms with E-state index in [1.807, 2.05) is 24.3 Å². The predicted octanol–water partition coefficient (Wildman–Crippen LogP) is 1.34. The predicted molar refractivity (Wildman–Crippen MR) is 57.6 cm³/mol. The molecule has 1 amide bonds. The first-order chi connectivity index (χ1) is 7.69. The highest BCUT2D eigenvalue weighted by atomic mass is 16.7. The first-order valence-electron chi connectivity index (χ1n) is 5.48. The van der Waals surface area contributed by atoms with Crippen LogP contribution in [0.2, 0.25) is 0 Å². The van der Waals surface area contributed by atoms with Gasteiger partial charge in [-0.2, -0.15) is 5.06 Å². The van der Waals surface area contributed by atoms with Gasteiger partial charge in [-0.3, -0.25) is 9.63 Å². The summed E-state index contributed by atoms with van der Waals surface area (Å²) < 4.78 is 0. The lowest BCUT2D eigenvalue weighted by Gasteiger charge is -2.16. The monoisotopic (exact) mass is 219 g/mol. The second-order valence-electron chi connectivity index (χ2n) is 4.35. The molecule has 4 nitrogen and oxygen atoms in total. The lowest BCUT2D eigenvalue weighted by atomic mass is 10.1. The first kappa shape index (κ1) is 9.81. The van der Waals surface area contributed by atoms with Gasteiger partial charge in [-0.05, 0) is 30.5 Å². The Morgan fingerprint density at radius 3 is 2.81 bits per heavy atom. The van der Waals surface area contributed by atoms with Crippen molar-refractivity contribution in [2.45, 2.75) is 24.9 Å². The van der Waals surface area contributed by atoms with Crippen LogP contribution in [-0.2, 0) is 15.2 Å². The number of carbonyl (C=O) groups excluding carboxylic acids is 1. The molecular weight excluding hydrogens is 206 g/mol. The molecule has 84 valence electrons. The van der Waals surface area contributed by atoms with Crippen LogP contribution in [0.25, 0.3) is 0 Å². The molecule has 2 fully saturated rings. The molecule has 1 aliphatic heterocycles. The quantitative estimate of drug-likeness (QED) is 0.816. The van der Waals surface area contributed by atoms with E-state index >= 15 is 0 Å². The minimum Gasteiger partial charge on any atom is -0.385 e. The van der Waals surface area contributed by atoms with E-state index in [4.69, 9.17) is 4.84 Å². The Balaban J connectivity index is 1.93. The molecule has 1 N–H and O–H groups in total. The molecule has 1 saturated heterocycles. The molecule has 1 heterocycles. The van der Waals surface area contributed by atoms with Crippen molar-refractivity contribution in [3.8, 4) is 0 Å². The van der Waals surface area contributed by atoms with E-state index in [0.717, 1.165) is 18.4 Å². The fourth-order valence-corrected chi connectivity index (χ4v) is 1.95. The normalized spacial score (nSPS) is 22.6. The van der Waals surface area contributed by atoms with Crippen molar-refractivity contribution < 1.29 is 14.7 Å². The molecule has 16 heavy (non-hydrogen) atoms. The lowest BCUT2D eigenvalue weighted by molar-refractivity contribution is -0.119. The van der Waals surface area contributed by atoms with Crippen LogP contribution in [0.3, 0.4) is 0 Å². The van der Waals surface area contributed by atoms with E-state index < -0.39 is 5.60 Å². The zero-order chi connectivity index (χ0) is 11.2. The Labute approximate surface area is 93.4 Å². The summed E-state index contributed by atoms with van der Waals surface area (Å²) in [7, 11) is 0. The third-order valence-corrected chi connectivity index (χ3v) is 3.10. The van der Waals surface area contributed by atoms with E-state index in [-0.39, 0.29) is 5.91 Å². The van der Waals surface area contributed by atoms with Crippen LogP contribution < -0.4 is 5.06 Å². The van der Waals surface area contributed by atoms with Crippen LogP contribution in [0.1, 0.15) is 24.8 Å². The second-order valence-corrected chi connectivity index (χ2v) is 4.35. The molecule has 0 unspecified atom stereocenters. The highest BCUT2D eigenvalue weighted by Crippen LogP contribution is 2.46. The Bertz CT molecular complexity index is 440. The summed E-state index contributed by atoms with van der Waals surface area (Å²) in [5, 5.41) is 11.3. The zero-order valence-corrected chi connectivity index (χ0v) is 8.85. The molecular formula is C12H13NO3. The maximum absolute atomic E-state index is 11.5. The topological polar surface area (TPSA) is 49.8 Å². The summed E-state index contributed by atoms with van der Waals surface area (Å²) in [6, 6.07) is 7.38. The summed E-state index contributed by atoms with van der Waals surface area (Å²) in [5.41, 5.74) is 0.910. The fraction of sp³-hybridized carbons (Fsp3) is 0.417. The fourth-order valence-electron chi connectivity index (χ4n) is 1.95. The number of carbonyl (C=O) groups is 1. The largest absolute Gasteiger partial charge is 0.385 e. The smallest absolute Gasteiger partial charge is 0.253 e. The highest BCUT2D eigenvalue weighted by molar-refractivity contribution is 5.92. The summed E-state index contributed by atoms with van der Waals surface area (Å²) in [5.74, 6) is -0.0278. The summed E-state index contributed by atoms with van der Waals surface area (Å²) in [6.07, 6.45) is 2.02. The van der Waals surface area contributed by atoms with E-state index in [1.165, 1.54) is 5.06 Å². The summed E-state index contributed by atoms with van der Waals surface area (Å²) in [4.78, 5) is 16.7. The molecule has 1 saturated carbocycles. The van der Waals surface area contributed by atoms with Gasteiger partial charge in [0, 0.05) is 0 Å². The number of hydrogen-bond acceptors (Lipinski definition) is 3. The first-order valence-corrected chi connectivity index (χ1v) is 5.48. The molecule has 1 aromatic carbocycles. The minimum atomic E-state index is -0.668. The van der Waals surface area contributed by atoms with E-state index in [9.17, 15) is 9.90 Å². The average Bonchev–Trinajstić information content (AvgIpc) is 2.90. The molecule has 0 radical (unpaired) electrons. The van der Waals surface area contributed by atoms with Crippen LogP contribution in [-0.4, -0.2) is 17.6 Å². The van der Waals surface area contributed by atoms with Gasteiger partial charge in [0.15, 0.2) is 0 Å². The van der Waals surface area contributed by atoms with Crippen molar-refractivity contribution in [2.75, 3.05) is 11.7 Å². The standard InChI is InChI=1S/C12H13NO3/c14-11-4-7-16-13(11)10-3-1-2-9(8-10)12(15)5-6-12/h1-3,8,15H,4-7H2. The Hall–Kier alpha value is -1.39. The second kappa shape index (κ2) is 3.30. The SMILES string of the molecule is O=C1CCON1c1cccc(C2(O)CC2)c1. The molecule has 4 heteroatoms. The van der Waals surface area contributed by atoms with Crippen LogP contribution in [0.4, 0.5) is 5.69 Å². The summed E-state index contributed by atoms with van der Waals surface area (Å²) >= 11 is 0. The van der Waals surface area contributed by atoms with E-state index in [2.05, 4.69) is 0 Å². The van der Waals surface area contributed by atoms with Crippen LogP contribution >= 0.6 is 0 Å². The number of hydroxylamine groups is 1. The van der Waals surface area contributed by atoms with E-state index in [1.54, 1.807) is 0 Å². The number of anilines is 1. The number of hydrogen-bond donors (Lipinski definition) is 1. The van der Waals surface area contributed by atoms with Gasteiger partial charge in [0.25, 0.3) is 5.91 Å². The van der Waals surface area contributed by atoms with Crippen molar-refractivity contribution in [1.82, 2.24) is 0 Å². The maximum atomic E-state index is 11.5. The Morgan fingerprint density at radius 1 is 1.38 bits per heavy atom. The minimum absolute atomic E-state index is 0.0278. The third kappa shape index (κ3) is 1.50. The third-order valence-electron chi connectivity index (χ3n) is 3.10. The number of rotatable bonds is 2. The summed E-state index contributed by atoms with van der Waals surface area (Å²) in [6.45, 7) is 0.438. The van der Waals surface area contributed by atoms with Gasteiger partial charge < -0.3 is 5.11 Å². The van der Waals surface area contributed by atoms with Crippen molar-refractivity contribution >= 4 is 11.6 Å². The Morgan fingerprint density at radius 2 is 2.19 bits per heavy atom. The number of nitrogens with zero attached hydrogens (tertiary/aromatic N) is 1. The lowest BCUT2D eigenvalue weighted by Crippen LogP contribution is -2.22. The van der Waals surface area contributed by atoms with Crippen LogP contribution in [0.15, 0.2) is 24.3 Å². The van der Waals surface area contributed by atoms with E-state index in [0.29, 0.717) is 18.7 Å². The number of aliphatic hydroxyl groups is 1. The van der Waals surface area contributed by atoms with Gasteiger partial charge in [0.05, 0.1) is 24.3 Å². The van der Waals surface area contributed by atoms with Crippen LogP contribution in [0, 0.1) is 0 Å². The van der Waals surface area contributed by atoms with Gasteiger partial charge in [0.2, 0.25) is 0 Å². The van der Waals surface area contributed by atoms with Gasteiger partial charge in [0.1, 0.15) is 0 Å². The molecule has 0 atom stereocenters. The molecule has 3 rings (SSSR count). The van der Waals surface area contributed by atoms with Crippen molar-refractivity contribution in [3.63, 3.8) is 0 Å². The number of benzene rings is 1. The molecule has 0 bridgehead atoms. The molecule has 1 aromatic rings. The molecule has 1 aliphatic carbocycles. The molecule has 2 aliphatic rings. The van der Waals surface area contributed by atoms with Gasteiger partial charge in [-0.25, -0.2) is 0 Å². The highest BCUT2D eigenvalue weighted by Gasteiger charge is 2.42. The van der Waals surface area contributed by atoms with Crippen LogP contribution in [0.5, 0.6) is 0 Å². The maximum Gasteiger partial charge on any atom is 0.253 e. The zero-order valence-electron chi connectivity index (χ0n) is 8.85. The molecule has 0 spiro atoms. The van der Waals surface area contributed by atoms with Crippen molar-refractivity contribution in [1.29, 1.82) is 0 Å². The molecule has 0 aromatic heterocycles. The van der Waals surface area contributed by atoms with Crippen molar-refractivity contribution in [3.05, 3.63) is 29.8 Å². The Kier molecular flexibility index (Phi) is 2.02. The van der Waals surface area contributed by atoms with Gasteiger partial charge >= 0.3 is 0 Å². The van der Waals surface area contributed by atoms with Gasteiger partial charge in [-0.15, -0.1) is 0 Å². The van der Waals surface area contributed by atoms with Gasteiger partial charge in [-0.1, -0.05) is 12.1 Å².